The van der Waals surface area contributed by atoms with E-state index in [-0.39, 0.29) is 5.25 Å². The van der Waals surface area contributed by atoms with Gasteiger partial charge in [-0.2, -0.15) is 0 Å². The highest BCUT2D eigenvalue weighted by Crippen LogP contribution is 2.35. The molecule has 0 amide bonds. The maximum atomic E-state index is 12.9. The Balaban J connectivity index is 2.27. The summed E-state index contributed by atoms with van der Waals surface area (Å²) >= 11 is 0. The van der Waals surface area contributed by atoms with Gasteiger partial charge in [-0.1, -0.05) is 26.2 Å². The van der Waals surface area contributed by atoms with Crippen LogP contribution in [0.5, 0.6) is 5.75 Å². The van der Waals surface area contributed by atoms with E-state index in [4.69, 9.17) is 10.5 Å². The molecule has 2 rings (SSSR count). The van der Waals surface area contributed by atoms with Crippen LogP contribution in [0.25, 0.3) is 0 Å². The fraction of sp³-hybridized carbons (Fsp3) is 0.600. The van der Waals surface area contributed by atoms with Crippen LogP contribution >= 0.6 is 0 Å². The minimum atomic E-state index is -1.00. The molecular formula is C15H23NO2S. The molecule has 1 saturated carbocycles. The summed E-state index contributed by atoms with van der Waals surface area (Å²) in [6.45, 7) is 2.19. The summed E-state index contributed by atoms with van der Waals surface area (Å²) in [6, 6.07) is 5.42. The van der Waals surface area contributed by atoms with Gasteiger partial charge in [-0.05, 0) is 30.9 Å². The molecule has 0 heterocycles. The second-order valence-corrected chi connectivity index (χ2v) is 6.84. The van der Waals surface area contributed by atoms with Gasteiger partial charge in [-0.3, -0.25) is 4.21 Å². The number of hydrogen-bond acceptors (Lipinski definition) is 3. The van der Waals surface area contributed by atoms with Crippen LogP contribution in [0.4, 0.5) is 5.69 Å². The van der Waals surface area contributed by atoms with Crippen LogP contribution in [0.2, 0.25) is 0 Å². The molecular weight excluding hydrogens is 258 g/mol. The third-order valence-corrected chi connectivity index (χ3v) is 5.98. The van der Waals surface area contributed by atoms with E-state index in [1.165, 1.54) is 19.3 Å². The highest BCUT2D eigenvalue weighted by atomic mass is 32.2. The highest BCUT2D eigenvalue weighted by molar-refractivity contribution is 7.85. The molecule has 1 aliphatic rings. The molecule has 0 saturated heterocycles. The zero-order valence-corrected chi connectivity index (χ0v) is 12.5. The number of ether oxygens (including phenoxy) is 1. The van der Waals surface area contributed by atoms with E-state index in [0.717, 1.165) is 17.7 Å². The number of hydrogen-bond donors (Lipinski definition) is 1. The number of nitrogen functional groups attached to an aromatic ring is 1. The van der Waals surface area contributed by atoms with Crippen LogP contribution in [0.15, 0.2) is 23.1 Å². The van der Waals surface area contributed by atoms with Crippen molar-refractivity contribution in [1.82, 2.24) is 0 Å². The lowest BCUT2D eigenvalue weighted by atomic mass is 9.87. The van der Waals surface area contributed by atoms with Gasteiger partial charge in [0.2, 0.25) is 0 Å². The van der Waals surface area contributed by atoms with Crippen LogP contribution in [-0.2, 0) is 10.8 Å². The first-order chi connectivity index (χ1) is 9.17. The fourth-order valence-corrected chi connectivity index (χ4v) is 4.86. The van der Waals surface area contributed by atoms with Crippen LogP contribution in [0.1, 0.15) is 39.0 Å². The summed E-state index contributed by atoms with van der Waals surface area (Å²) in [5, 5.41) is 0.260. The topological polar surface area (TPSA) is 52.3 Å². The van der Waals surface area contributed by atoms with Gasteiger partial charge >= 0.3 is 0 Å². The van der Waals surface area contributed by atoms with E-state index in [2.05, 4.69) is 6.92 Å². The first kappa shape index (κ1) is 14.4. The minimum Gasteiger partial charge on any atom is -0.495 e. The quantitative estimate of drug-likeness (QED) is 0.861. The lowest BCUT2D eigenvalue weighted by Crippen LogP contribution is -2.29. The summed E-state index contributed by atoms with van der Waals surface area (Å²) in [7, 11) is 0.605. The summed E-state index contributed by atoms with van der Waals surface area (Å²) in [4.78, 5) is 0.794. The molecule has 0 radical (unpaired) electrons. The Bertz CT molecular complexity index is 461. The summed E-state index contributed by atoms with van der Waals surface area (Å²) in [5.41, 5.74) is 6.40. The molecule has 0 spiro atoms. The standard InChI is InChI=1S/C15H23NO2S/c1-3-11-6-4-5-7-14(11)19(17)15-9-8-12(16)10-13(15)18-2/h8-11,14H,3-7,16H2,1-2H3. The van der Waals surface area contributed by atoms with E-state index >= 15 is 0 Å². The third-order valence-electron chi connectivity index (χ3n) is 4.04. The molecule has 1 aromatic rings. The Hall–Kier alpha value is -1.03. The second-order valence-electron chi connectivity index (χ2n) is 5.20. The van der Waals surface area contributed by atoms with Crippen molar-refractivity contribution in [2.45, 2.75) is 49.2 Å². The molecule has 2 N–H and O–H groups in total. The number of benzene rings is 1. The molecule has 0 aromatic heterocycles. The molecule has 0 aliphatic heterocycles. The van der Waals surface area contributed by atoms with Crippen LogP contribution in [0, 0.1) is 5.92 Å². The Kier molecular flexibility index (Phi) is 4.86. The minimum absolute atomic E-state index is 0.260. The third kappa shape index (κ3) is 3.11. The Morgan fingerprint density at radius 3 is 2.79 bits per heavy atom. The van der Waals surface area contributed by atoms with Crippen molar-refractivity contribution in [1.29, 1.82) is 0 Å². The fourth-order valence-electron chi connectivity index (χ4n) is 2.94. The summed E-state index contributed by atoms with van der Waals surface area (Å²) in [6.07, 6.45) is 5.81. The Morgan fingerprint density at radius 1 is 1.37 bits per heavy atom. The van der Waals surface area contributed by atoms with Gasteiger partial charge in [0, 0.05) is 17.0 Å². The largest absolute Gasteiger partial charge is 0.495 e. The number of anilines is 1. The van der Waals surface area contributed by atoms with E-state index in [9.17, 15) is 4.21 Å². The Morgan fingerprint density at radius 2 is 2.11 bits per heavy atom. The maximum Gasteiger partial charge on any atom is 0.137 e. The van der Waals surface area contributed by atoms with E-state index in [0.29, 0.717) is 17.4 Å². The molecule has 0 bridgehead atoms. The SMILES string of the molecule is CCC1CCCCC1S(=O)c1ccc(N)cc1OC. The second kappa shape index (κ2) is 6.42. The van der Waals surface area contributed by atoms with Gasteiger partial charge in [0.25, 0.3) is 0 Å². The monoisotopic (exact) mass is 281 g/mol. The molecule has 19 heavy (non-hydrogen) atoms. The van der Waals surface area contributed by atoms with Crippen LogP contribution < -0.4 is 10.5 Å². The Labute approximate surface area is 118 Å². The highest BCUT2D eigenvalue weighted by Gasteiger charge is 2.30. The molecule has 3 unspecified atom stereocenters. The van der Waals surface area contributed by atoms with Crippen molar-refractivity contribution in [3.8, 4) is 5.75 Å². The van der Waals surface area contributed by atoms with Crippen molar-refractivity contribution < 1.29 is 8.95 Å². The van der Waals surface area contributed by atoms with E-state index in [1.807, 2.05) is 6.07 Å². The van der Waals surface area contributed by atoms with Crippen molar-refractivity contribution in [2.75, 3.05) is 12.8 Å². The average molecular weight is 281 g/mol. The normalized spacial score (nSPS) is 24.9. The molecule has 1 aromatic carbocycles. The van der Waals surface area contributed by atoms with Gasteiger partial charge in [0.15, 0.2) is 0 Å². The number of rotatable bonds is 4. The average Bonchev–Trinajstić information content (AvgIpc) is 2.46. The predicted octanol–water partition coefficient (Wildman–Crippen LogP) is 3.35. The molecule has 1 fully saturated rings. The first-order valence-electron chi connectivity index (χ1n) is 7.01. The molecule has 1 aliphatic carbocycles. The number of nitrogens with two attached hydrogens (primary N) is 1. The van der Waals surface area contributed by atoms with Crippen molar-refractivity contribution in [3.05, 3.63) is 18.2 Å². The van der Waals surface area contributed by atoms with Crippen molar-refractivity contribution in [2.24, 2.45) is 5.92 Å². The summed E-state index contributed by atoms with van der Waals surface area (Å²) in [5.74, 6) is 1.22. The zero-order chi connectivity index (χ0) is 13.8. The van der Waals surface area contributed by atoms with Crippen molar-refractivity contribution >= 4 is 16.5 Å². The first-order valence-corrected chi connectivity index (χ1v) is 8.22. The van der Waals surface area contributed by atoms with Gasteiger partial charge in [0.1, 0.15) is 5.75 Å². The molecule has 106 valence electrons. The molecule has 3 atom stereocenters. The molecule has 4 heteroatoms. The van der Waals surface area contributed by atoms with Gasteiger partial charge in [-0.15, -0.1) is 0 Å². The van der Waals surface area contributed by atoms with Crippen molar-refractivity contribution in [3.63, 3.8) is 0 Å². The maximum absolute atomic E-state index is 12.9. The van der Waals surface area contributed by atoms with Gasteiger partial charge < -0.3 is 10.5 Å². The zero-order valence-electron chi connectivity index (χ0n) is 11.7. The number of methoxy groups -OCH3 is 1. The van der Waals surface area contributed by atoms with E-state index < -0.39 is 10.8 Å². The lowest BCUT2D eigenvalue weighted by Gasteiger charge is -2.30. The van der Waals surface area contributed by atoms with Gasteiger partial charge in [0.05, 0.1) is 22.8 Å². The van der Waals surface area contributed by atoms with Gasteiger partial charge in [-0.25, -0.2) is 0 Å². The van der Waals surface area contributed by atoms with E-state index in [1.54, 1.807) is 19.2 Å². The predicted molar refractivity (Wildman–Crippen MR) is 79.9 cm³/mol. The smallest absolute Gasteiger partial charge is 0.137 e. The summed E-state index contributed by atoms with van der Waals surface area (Å²) < 4.78 is 18.2. The molecule has 3 nitrogen and oxygen atoms in total. The van der Waals surface area contributed by atoms with Crippen LogP contribution in [-0.4, -0.2) is 16.6 Å². The lowest BCUT2D eigenvalue weighted by molar-refractivity contribution is 0.354. The van der Waals surface area contributed by atoms with Crippen LogP contribution in [0.3, 0.4) is 0 Å².